The number of ether oxygens (including phenoxy) is 6. The molecule has 4 atom stereocenters. The van der Waals surface area contributed by atoms with Gasteiger partial charge >= 0.3 is 0 Å². The van der Waals surface area contributed by atoms with Crippen molar-refractivity contribution in [1.82, 2.24) is 10.6 Å². The van der Waals surface area contributed by atoms with Crippen molar-refractivity contribution in [2.45, 2.75) is 43.9 Å². The normalized spacial score (nSPS) is 18.6. The van der Waals surface area contributed by atoms with E-state index in [1.165, 1.54) is 0 Å². The van der Waals surface area contributed by atoms with Crippen LogP contribution in [0.25, 0.3) is 10.8 Å². The molecule has 0 bridgehead atoms. The number of fused-ring (bicyclic) bond motifs is 1. The lowest BCUT2D eigenvalue weighted by molar-refractivity contribution is -0.0769. The average molecular weight is 645 g/mol. The number of methoxy groups -OCH3 is 2. The summed E-state index contributed by atoms with van der Waals surface area (Å²) in [5.74, 6) is 2.42. The number of aliphatic hydroxyl groups excluding tert-OH is 1. The summed E-state index contributed by atoms with van der Waals surface area (Å²) in [5.41, 5.74) is 3.18. The van der Waals surface area contributed by atoms with Gasteiger partial charge in [0.05, 0.1) is 65.6 Å². The van der Waals surface area contributed by atoms with Gasteiger partial charge in [0, 0.05) is 42.9 Å². The van der Waals surface area contributed by atoms with Gasteiger partial charge in [-0.2, -0.15) is 0 Å². The first-order valence-electron chi connectivity index (χ1n) is 16.3. The van der Waals surface area contributed by atoms with E-state index in [-0.39, 0.29) is 24.7 Å². The van der Waals surface area contributed by atoms with E-state index in [1.54, 1.807) is 14.2 Å². The first-order chi connectivity index (χ1) is 23.1. The maximum Gasteiger partial charge on any atom is 0.127 e. The zero-order valence-corrected chi connectivity index (χ0v) is 27.7. The smallest absolute Gasteiger partial charge is 0.127 e. The Kier molecular flexibility index (Phi) is 13.3. The fourth-order valence-corrected chi connectivity index (χ4v) is 6.08. The van der Waals surface area contributed by atoms with Crippen LogP contribution in [0.3, 0.4) is 0 Å². The van der Waals surface area contributed by atoms with Crippen LogP contribution in [0.1, 0.15) is 29.0 Å². The Labute approximate surface area is 278 Å². The Morgan fingerprint density at radius 3 is 2.36 bits per heavy atom. The molecule has 5 rings (SSSR count). The van der Waals surface area contributed by atoms with Gasteiger partial charge in [0.15, 0.2) is 0 Å². The van der Waals surface area contributed by atoms with Crippen molar-refractivity contribution in [2.75, 3.05) is 60.7 Å². The largest absolute Gasteiger partial charge is 0.496 e. The fourth-order valence-electron chi connectivity index (χ4n) is 6.08. The SMILES string of the molecule is CNCC(O)CO[C@@H]1CNC[C@H](OCc2cc(OC)c3ccccc3c2)[C@H]1c1ccc(OCCCOCc2ccccc2OC)cc1. The third kappa shape index (κ3) is 9.67. The molecule has 0 amide bonds. The summed E-state index contributed by atoms with van der Waals surface area (Å²) in [4.78, 5) is 0. The van der Waals surface area contributed by atoms with Crippen molar-refractivity contribution in [3.8, 4) is 17.2 Å². The van der Waals surface area contributed by atoms with E-state index in [0.717, 1.165) is 51.1 Å². The van der Waals surface area contributed by atoms with E-state index in [0.29, 0.717) is 46.1 Å². The van der Waals surface area contributed by atoms with E-state index < -0.39 is 6.10 Å². The molecule has 1 aliphatic rings. The van der Waals surface area contributed by atoms with Gasteiger partial charge in [-0.3, -0.25) is 0 Å². The number of hydrogen-bond acceptors (Lipinski definition) is 9. The average Bonchev–Trinajstić information content (AvgIpc) is 3.11. The maximum atomic E-state index is 10.4. The molecule has 1 unspecified atom stereocenters. The van der Waals surface area contributed by atoms with E-state index >= 15 is 0 Å². The third-order valence-electron chi connectivity index (χ3n) is 8.42. The lowest BCUT2D eigenvalue weighted by Crippen LogP contribution is -2.51. The van der Waals surface area contributed by atoms with Gasteiger partial charge in [0.25, 0.3) is 0 Å². The molecule has 9 nitrogen and oxygen atoms in total. The van der Waals surface area contributed by atoms with Crippen LogP contribution in [-0.4, -0.2) is 84.1 Å². The van der Waals surface area contributed by atoms with Gasteiger partial charge in [0.2, 0.25) is 0 Å². The molecule has 1 heterocycles. The highest BCUT2D eigenvalue weighted by molar-refractivity contribution is 5.89. The summed E-state index contributed by atoms with van der Waals surface area (Å²) in [6.45, 7) is 4.11. The quantitative estimate of drug-likeness (QED) is 0.128. The highest BCUT2D eigenvalue weighted by atomic mass is 16.5. The van der Waals surface area contributed by atoms with E-state index in [9.17, 15) is 5.11 Å². The molecule has 0 saturated carbocycles. The number of aliphatic hydroxyl groups is 1. The second kappa shape index (κ2) is 18.0. The van der Waals surface area contributed by atoms with Crippen LogP contribution in [-0.2, 0) is 27.4 Å². The first-order valence-corrected chi connectivity index (χ1v) is 16.3. The molecular formula is C38H48N2O7. The Bertz CT molecular complexity index is 1520. The van der Waals surface area contributed by atoms with Crippen LogP contribution in [0.4, 0.5) is 0 Å². The highest BCUT2D eigenvalue weighted by Crippen LogP contribution is 2.33. The summed E-state index contributed by atoms with van der Waals surface area (Å²) in [5, 5.41) is 19.0. The van der Waals surface area contributed by atoms with Crippen molar-refractivity contribution in [1.29, 1.82) is 0 Å². The number of hydrogen-bond donors (Lipinski definition) is 3. The Balaban J connectivity index is 1.21. The summed E-state index contributed by atoms with van der Waals surface area (Å²) in [6.07, 6.45) is -0.161. The molecule has 3 N–H and O–H groups in total. The monoisotopic (exact) mass is 644 g/mol. The molecule has 9 heteroatoms. The lowest BCUT2D eigenvalue weighted by Gasteiger charge is -2.39. The Morgan fingerprint density at radius 1 is 0.830 bits per heavy atom. The topological polar surface area (TPSA) is 99.7 Å². The molecule has 47 heavy (non-hydrogen) atoms. The van der Waals surface area contributed by atoms with Crippen molar-refractivity contribution in [3.05, 3.63) is 102 Å². The molecule has 0 radical (unpaired) electrons. The zero-order valence-electron chi connectivity index (χ0n) is 27.7. The molecule has 0 aromatic heterocycles. The minimum Gasteiger partial charge on any atom is -0.496 e. The van der Waals surface area contributed by atoms with Gasteiger partial charge in [-0.25, -0.2) is 0 Å². The predicted molar refractivity (Wildman–Crippen MR) is 184 cm³/mol. The van der Waals surface area contributed by atoms with Crippen molar-refractivity contribution < 1.29 is 33.5 Å². The Morgan fingerprint density at radius 2 is 1.57 bits per heavy atom. The summed E-state index contributed by atoms with van der Waals surface area (Å²) >= 11 is 0. The van der Waals surface area contributed by atoms with E-state index in [1.807, 2.05) is 61.6 Å². The number of likely N-dealkylation sites (N-methyl/N-ethyl adjacent to an activating group) is 1. The van der Waals surface area contributed by atoms with Gasteiger partial charge in [-0.05, 0) is 53.9 Å². The summed E-state index contributed by atoms with van der Waals surface area (Å²) in [7, 11) is 5.18. The van der Waals surface area contributed by atoms with Gasteiger partial charge in [-0.1, -0.05) is 54.6 Å². The number of rotatable bonds is 18. The molecule has 1 aliphatic heterocycles. The predicted octanol–water partition coefficient (Wildman–Crippen LogP) is 5.08. The van der Waals surface area contributed by atoms with E-state index in [4.69, 9.17) is 28.4 Å². The second-order valence-electron chi connectivity index (χ2n) is 11.8. The lowest BCUT2D eigenvalue weighted by atomic mass is 9.85. The number of nitrogens with one attached hydrogen (secondary N) is 2. The van der Waals surface area contributed by atoms with Gasteiger partial charge in [-0.15, -0.1) is 0 Å². The first kappa shape index (κ1) is 34.6. The molecule has 1 fully saturated rings. The van der Waals surface area contributed by atoms with Crippen LogP contribution in [0.2, 0.25) is 0 Å². The molecule has 0 aliphatic carbocycles. The van der Waals surface area contributed by atoms with Crippen molar-refractivity contribution in [3.63, 3.8) is 0 Å². The maximum absolute atomic E-state index is 10.4. The van der Waals surface area contributed by atoms with Gasteiger partial charge < -0.3 is 44.2 Å². The molecule has 4 aromatic carbocycles. The van der Waals surface area contributed by atoms with Crippen LogP contribution >= 0.6 is 0 Å². The minimum atomic E-state index is -0.596. The second-order valence-corrected chi connectivity index (χ2v) is 11.8. The molecule has 1 saturated heterocycles. The standard InChI is InChI=1S/C38H48N2O7/c1-39-21-31(41)26-47-37-23-40-22-36(46-24-27-19-29-9-4-6-11-33(29)35(20-27)43-3)38(37)28-13-15-32(16-14-28)45-18-8-17-44-25-30-10-5-7-12-34(30)42-2/h4-7,9-16,19-20,31,36-41H,8,17-18,21-26H2,1-3H3/t31?,36-,37+,38+/m0/s1. The summed E-state index contributed by atoms with van der Waals surface area (Å²) < 4.78 is 35.9. The van der Waals surface area contributed by atoms with Crippen LogP contribution in [0, 0.1) is 0 Å². The molecule has 4 aromatic rings. The van der Waals surface area contributed by atoms with Crippen LogP contribution < -0.4 is 24.8 Å². The van der Waals surface area contributed by atoms with Crippen molar-refractivity contribution >= 4 is 10.8 Å². The molecule has 252 valence electrons. The molecule has 0 spiro atoms. The third-order valence-corrected chi connectivity index (χ3v) is 8.42. The van der Waals surface area contributed by atoms with Crippen LogP contribution in [0.5, 0.6) is 17.2 Å². The zero-order chi connectivity index (χ0) is 32.8. The number of piperidine rings is 1. The fraction of sp³-hybridized carbons (Fsp3) is 0.421. The summed E-state index contributed by atoms with van der Waals surface area (Å²) in [6, 6.07) is 28.5. The number of para-hydroxylation sites is 1. The minimum absolute atomic E-state index is 0.0437. The van der Waals surface area contributed by atoms with Gasteiger partial charge in [0.1, 0.15) is 17.2 Å². The molecular weight excluding hydrogens is 596 g/mol. The Hall–Kier alpha value is -3.70. The highest BCUT2D eigenvalue weighted by Gasteiger charge is 2.36. The number of benzene rings is 4. The van der Waals surface area contributed by atoms with Crippen LogP contribution in [0.15, 0.2) is 84.9 Å². The van der Waals surface area contributed by atoms with Crippen molar-refractivity contribution in [2.24, 2.45) is 0 Å². The van der Waals surface area contributed by atoms with E-state index in [2.05, 4.69) is 41.0 Å².